The minimum Gasteiger partial charge on any atom is -0.305 e. The van der Waals surface area contributed by atoms with Crippen molar-refractivity contribution in [2.45, 2.75) is 26.4 Å². The summed E-state index contributed by atoms with van der Waals surface area (Å²) in [7, 11) is 0. The van der Waals surface area contributed by atoms with Crippen LogP contribution in [0.1, 0.15) is 29.8 Å². The van der Waals surface area contributed by atoms with E-state index >= 15 is 0 Å². The molecule has 1 heterocycles. The number of benzene rings is 1. The lowest BCUT2D eigenvalue weighted by molar-refractivity contribution is -0.385. The number of hydrogen-bond acceptors (Lipinski definition) is 4. The van der Waals surface area contributed by atoms with Gasteiger partial charge in [-0.1, -0.05) is 12.1 Å². The molecule has 19 heavy (non-hydrogen) atoms. The fourth-order valence-corrected chi connectivity index (χ4v) is 1.86. The third-order valence-electron chi connectivity index (χ3n) is 3.09. The summed E-state index contributed by atoms with van der Waals surface area (Å²) < 4.78 is 0. The molecule has 0 fully saturated rings. The topological polar surface area (TPSA) is 83.8 Å². The van der Waals surface area contributed by atoms with Gasteiger partial charge in [0.2, 0.25) is 0 Å². The average Bonchev–Trinajstić information content (AvgIpc) is 2.89. The van der Waals surface area contributed by atoms with Gasteiger partial charge in [-0.15, -0.1) is 0 Å². The Bertz CT molecular complexity index is 566. The molecule has 0 spiro atoms. The highest BCUT2D eigenvalue weighted by molar-refractivity contribution is 5.43. The van der Waals surface area contributed by atoms with E-state index in [0.29, 0.717) is 12.1 Å². The van der Waals surface area contributed by atoms with E-state index < -0.39 is 0 Å². The monoisotopic (exact) mass is 260 g/mol. The van der Waals surface area contributed by atoms with Crippen LogP contribution in [0, 0.1) is 17.0 Å². The van der Waals surface area contributed by atoms with E-state index in [1.165, 1.54) is 0 Å². The van der Waals surface area contributed by atoms with Crippen LogP contribution in [0.2, 0.25) is 0 Å². The summed E-state index contributed by atoms with van der Waals surface area (Å²) in [4.78, 5) is 10.6. The van der Waals surface area contributed by atoms with Crippen molar-refractivity contribution in [3.63, 3.8) is 0 Å². The van der Waals surface area contributed by atoms with Gasteiger partial charge in [0.1, 0.15) is 0 Å². The Morgan fingerprint density at radius 1 is 1.47 bits per heavy atom. The second kappa shape index (κ2) is 5.62. The molecule has 100 valence electrons. The van der Waals surface area contributed by atoms with Crippen molar-refractivity contribution in [1.82, 2.24) is 15.5 Å². The lowest BCUT2D eigenvalue weighted by atomic mass is 10.0. The van der Waals surface area contributed by atoms with E-state index in [-0.39, 0.29) is 16.7 Å². The molecule has 1 unspecified atom stereocenters. The number of H-pyrrole nitrogens is 1. The predicted molar refractivity (Wildman–Crippen MR) is 71.7 cm³/mol. The molecule has 0 saturated carbocycles. The van der Waals surface area contributed by atoms with Gasteiger partial charge in [0.15, 0.2) is 0 Å². The molecule has 1 atom stereocenters. The summed E-state index contributed by atoms with van der Waals surface area (Å²) in [5.41, 5.74) is 2.72. The number of aryl methyl sites for hydroxylation is 1. The van der Waals surface area contributed by atoms with Gasteiger partial charge in [-0.25, -0.2) is 0 Å². The third-order valence-corrected chi connectivity index (χ3v) is 3.09. The first-order chi connectivity index (χ1) is 9.08. The van der Waals surface area contributed by atoms with Crippen LogP contribution in [0.4, 0.5) is 5.69 Å². The fraction of sp³-hybridized carbons (Fsp3) is 0.308. The van der Waals surface area contributed by atoms with Gasteiger partial charge in [0.05, 0.1) is 4.92 Å². The van der Waals surface area contributed by atoms with Gasteiger partial charge < -0.3 is 5.32 Å². The number of rotatable bonds is 5. The zero-order valence-electron chi connectivity index (χ0n) is 10.9. The lowest BCUT2D eigenvalue weighted by Crippen LogP contribution is -2.18. The van der Waals surface area contributed by atoms with Crippen molar-refractivity contribution in [3.05, 3.63) is 57.4 Å². The Labute approximate surface area is 111 Å². The second-order valence-electron chi connectivity index (χ2n) is 4.49. The third kappa shape index (κ3) is 3.17. The smallest absolute Gasteiger partial charge is 0.272 e. The first kappa shape index (κ1) is 13.2. The Balaban J connectivity index is 2.08. The highest BCUT2D eigenvalue weighted by Crippen LogP contribution is 2.23. The van der Waals surface area contributed by atoms with E-state index in [2.05, 4.69) is 15.5 Å². The van der Waals surface area contributed by atoms with E-state index in [4.69, 9.17) is 0 Å². The number of hydrogen-bond donors (Lipinski definition) is 2. The standard InChI is InChI=1S/C13H16N4O2/c1-9-3-4-11(7-13(9)17(18)19)10(2)14-8-12-5-6-15-16-12/h3-7,10,14H,8H2,1-2H3,(H,15,16). The highest BCUT2D eigenvalue weighted by Gasteiger charge is 2.14. The van der Waals surface area contributed by atoms with Crippen LogP contribution < -0.4 is 5.32 Å². The van der Waals surface area contributed by atoms with Gasteiger partial charge in [-0.2, -0.15) is 5.10 Å². The van der Waals surface area contributed by atoms with Gasteiger partial charge in [-0.05, 0) is 25.5 Å². The second-order valence-corrected chi connectivity index (χ2v) is 4.49. The van der Waals surface area contributed by atoms with Crippen molar-refractivity contribution in [3.8, 4) is 0 Å². The molecule has 0 amide bonds. The Morgan fingerprint density at radius 3 is 2.89 bits per heavy atom. The van der Waals surface area contributed by atoms with Gasteiger partial charge in [0.25, 0.3) is 5.69 Å². The number of aromatic nitrogens is 2. The molecule has 2 rings (SSSR count). The van der Waals surface area contributed by atoms with E-state index in [9.17, 15) is 10.1 Å². The molecule has 1 aromatic carbocycles. The quantitative estimate of drug-likeness (QED) is 0.639. The number of nitro benzene ring substituents is 1. The van der Waals surface area contributed by atoms with Crippen LogP contribution in [0.3, 0.4) is 0 Å². The largest absolute Gasteiger partial charge is 0.305 e. The Kier molecular flexibility index (Phi) is 3.91. The molecular weight excluding hydrogens is 244 g/mol. The summed E-state index contributed by atoms with van der Waals surface area (Å²) >= 11 is 0. The van der Waals surface area contributed by atoms with Crippen LogP contribution >= 0.6 is 0 Å². The molecule has 0 saturated heterocycles. The van der Waals surface area contributed by atoms with Crippen LogP contribution in [-0.4, -0.2) is 15.1 Å². The molecule has 2 aromatic rings. The maximum absolute atomic E-state index is 10.9. The Morgan fingerprint density at radius 2 is 2.26 bits per heavy atom. The van der Waals surface area contributed by atoms with E-state index in [1.54, 1.807) is 25.3 Å². The summed E-state index contributed by atoms with van der Waals surface area (Å²) in [6.07, 6.45) is 1.69. The minimum atomic E-state index is -0.347. The first-order valence-corrected chi connectivity index (χ1v) is 6.04. The summed E-state index contributed by atoms with van der Waals surface area (Å²) in [6, 6.07) is 7.23. The molecule has 2 N–H and O–H groups in total. The van der Waals surface area contributed by atoms with Crippen molar-refractivity contribution in [1.29, 1.82) is 0 Å². The molecule has 1 aromatic heterocycles. The zero-order chi connectivity index (χ0) is 13.8. The molecule has 0 radical (unpaired) electrons. The molecular formula is C13H16N4O2. The molecule has 0 aliphatic rings. The van der Waals surface area contributed by atoms with E-state index in [1.807, 2.05) is 19.1 Å². The first-order valence-electron chi connectivity index (χ1n) is 6.04. The number of nitrogens with zero attached hydrogens (tertiary/aromatic N) is 2. The molecule has 6 nitrogen and oxygen atoms in total. The summed E-state index contributed by atoms with van der Waals surface area (Å²) in [5, 5.41) is 20.9. The average molecular weight is 260 g/mol. The summed E-state index contributed by atoms with van der Waals surface area (Å²) in [6.45, 7) is 4.36. The van der Waals surface area contributed by atoms with Crippen LogP contribution in [0.5, 0.6) is 0 Å². The van der Waals surface area contributed by atoms with Crippen molar-refractivity contribution >= 4 is 5.69 Å². The number of nitro groups is 1. The van der Waals surface area contributed by atoms with Gasteiger partial charge >= 0.3 is 0 Å². The van der Waals surface area contributed by atoms with Crippen molar-refractivity contribution in [2.75, 3.05) is 0 Å². The number of nitrogens with one attached hydrogen (secondary N) is 2. The maximum Gasteiger partial charge on any atom is 0.272 e. The van der Waals surface area contributed by atoms with Gasteiger partial charge in [-0.3, -0.25) is 15.2 Å². The molecule has 0 aliphatic carbocycles. The highest BCUT2D eigenvalue weighted by atomic mass is 16.6. The van der Waals surface area contributed by atoms with Crippen LogP contribution in [0.15, 0.2) is 30.5 Å². The summed E-state index contributed by atoms with van der Waals surface area (Å²) in [5.74, 6) is 0. The zero-order valence-corrected chi connectivity index (χ0v) is 10.9. The Hall–Kier alpha value is -2.21. The van der Waals surface area contributed by atoms with Crippen molar-refractivity contribution in [2.24, 2.45) is 0 Å². The predicted octanol–water partition coefficient (Wildman–Crippen LogP) is 2.48. The van der Waals surface area contributed by atoms with Crippen LogP contribution in [-0.2, 0) is 6.54 Å². The maximum atomic E-state index is 10.9. The number of aromatic amines is 1. The molecule has 0 bridgehead atoms. The minimum absolute atomic E-state index is 0.0302. The van der Waals surface area contributed by atoms with Gasteiger partial charge in [0, 0.05) is 36.1 Å². The lowest BCUT2D eigenvalue weighted by Gasteiger charge is -2.13. The fourth-order valence-electron chi connectivity index (χ4n) is 1.86. The molecule has 0 aliphatic heterocycles. The van der Waals surface area contributed by atoms with Crippen molar-refractivity contribution < 1.29 is 4.92 Å². The van der Waals surface area contributed by atoms with Crippen LogP contribution in [0.25, 0.3) is 0 Å². The molecule has 6 heteroatoms. The SMILES string of the molecule is Cc1ccc(C(C)NCc2ccn[nH]2)cc1[N+](=O)[O-]. The normalized spacial score (nSPS) is 12.3. The van der Waals surface area contributed by atoms with E-state index in [0.717, 1.165) is 11.3 Å².